The molecule has 2 aromatic rings. The van der Waals surface area contributed by atoms with E-state index in [-0.39, 0.29) is 6.61 Å². The summed E-state index contributed by atoms with van der Waals surface area (Å²) < 4.78 is 5.26. The number of aromatic nitrogens is 1. The van der Waals surface area contributed by atoms with Crippen molar-refractivity contribution in [2.24, 2.45) is 0 Å². The van der Waals surface area contributed by atoms with E-state index in [1.807, 2.05) is 43.3 Å². The third kappa shape index (κ3) is 3.87. The lowest BCUT2D eigenvalue weighted by Crippen LogP contribution is -2.02. The van der Waals surface area contributed by atoms with Crippen molar-refractivity contribution in [1.82, 2.24) is 4.98 Å². The summed E-state index contributed by atoms with van der Waals surface area (Å²) in [5, 5.41) is 12.2. The van der Waals surface area contributed by atoms with E-state index in [1.54, 1.807) is 6.20 Å². The minimum atomic E-state index is 0.0461. The Balaban J connectivity index is 2.03. The van der Waals surface area contributed by atoms with Crippen LogP contribution in [0, 0.1) is 18.3 Å². The fourth-order valence-corrected chi connectivity index (χ4v) is 1.90. The number of ether oxygens (including phenoxy) is 1. The van der Waals surface area contributed by atoms with E-state index in [0.29, 0.717) is 17.4 Å². The van der Waals surface area contributed by atoms with Gasteiger partial charge in [-0.05, 0) is 36.2 Å². The summed E-state index contributed by atoms with van der Waals surface area (Å²) in [7, 11) is 0. The summed E-state index contributed by atoms with van der Waals surface area (Å²) in [5.74, 6) is 0.680. The number of benzene rings is 1. The lowest BCUT2D eigenvalue weighted by Gasteiger charge is -2.10. The van der Waals surface area contributed by atoms with Crippen molar-refractivity contribution >= 4 is 17.3 Å². The predicted octanol–water partition coefficient (Wildman–Crippen LogP) is 3.56. The van der Waals surface area contributed by atoms with Gasteiger partial charge in [0.25, 0.3) is 0 Å². The number of anilines is 1. The van der Waals surface area contributed by atoms with Gasteiger partial charge < -0.3 is 10.1 Å². The third-order valence-electron chi connectivity index (χ3n) is 2.66. The molecule has 1 aromatic heterocycles. The van der Waals surface area contributed by atoms with Crippen molar-refractivity contribution in [2.45, 2.75) is 13.5 Å². The molecule has 0 saturated carbocycles. The van der Waals surface area contributed by atoms with Crippen molar-refractivity contribution in [3.63, 3.8) is 0 Å². The van der Waals surface area contributed by atoms with Crippen LogP contribution in [0.2, 0.25) is 5.15 Å². The number of hydrogen-bond donors (Lipinski definition) is 1. The molecule has 0 radical (unpaired) electrons. The molecule has 0 unspecified atom stereocenters. The Morgan fingerprint density at radius 1 is 1.40 bits per heavy atom. The van der Waals surface area contributed by atoms with Gasteiger partial charge in [0.1, 0.15) is 11.8 Å². The molecule has 102 valence electrons. The summed E-state index contributed by atoms with van der Waals surface area (Å²) in [4.78, 5) is 4.09. The summed E-state index contributed by atoms with van der Waals surface area (Å²) in [5.41, 5.74) is 2.89. The Hall–Kier alpha value is -2.25. The Morgan fingerprint density at radius 2 is 2.25 bits per heavy atom. The van der Waals surface area contributed by atoms with Crippen molar-refractivity contribution in [2.75, 3.05) is 11.9 Å². The second-order valence-corrected chi connectivity index (χ2v) is 4.66. The molecule has 0 saturated heterocycles. The molecule has 0 aliphatic rings. The smallest absolute Gasteiger partial charge is 0.174 e. The average molecular weight is 288 g/mol. The van der Waals surface area contributed by atoms with E-state index in [1.165, 1.54) is 0 Å². The molecule has 0 bridgehead atoms. The summed E-state index contributed by atoms with van der Waals surface area (Å²) in [6.45, 7) is 2.62. The maximum atomic E-state index is 8.50. The van der Waals surface area contributed by atoms with E-state index >= 15 is 0 Å². The van der Waals surface area contributed by atoms with Crippen molar-refractivity contribution in [1.29, 1.82) is 5.26 Å². The zero-order valence-corrected chi connectivity index (χ0v) is 11.8. The Labute approximate surface area is 123 Å². The van der Waals surface area contributed by atoms with Crippen LogP contribution in [0.15, 0.2) is 36.5 Å². The van der Waals surface area contributed by atoms with Gasteiger partial charge >= 0.3 is 0 Å². The number of pyridine rings is 1. The van der Waals surface area contributed by atoms with Gasteiger partial charge in [0.2, 0.25) is 0 Å². The van der Waals surface area contributed by atoms with Crippen molar-refractivity contribution < 1.29 is 4.74 Å². The first-order chi connectivity index (χ1) is 9.69. The number of hydrogen-bond acceptors (Lipinski definition) is 4. The number of nitriles is 1. The van der Waals surface area contributed by atoms with Gasteiger partial charge in [-0.25, -0.2) is 4.98 Å². The summed E-state index contributed by atoms with van der Waals surface area (Å²) >= 11 is 6.03. The topological polar surface area (TPSA) is 57.9 Å². The maximum Gasteiger partial charge on any atom is 0.174 e. The second kappa shape index (κ2) is 6.78. The first-order valence-corrected chi connectivity index (χ1v) is 6.51. The minimum absolute atomic E-state index is 0.0461. The van der Waals surface area contributed by atoms with Crippen LogP contribution >= 0.6 is 11.6 Å². The summed E-state index contributed by atoms with van der Waals surface area (Å²) in [6, 6.07) is 11.5. The van der Waals surface area contributed by atoms with E-state index < -0.39 is 0 Å². The van der Waals surface area contributed by atoms with Gasteiger partial charge in [0, 0.05) is 12.7 Å². The Morgan fingerprint density at radius 3 is 3.05 bits per heavy atom. The highest BCUT2D eigenvalue weighted by molar-refractivity contribution is 6.31. The second-order valence-electron chi connectivity index (χ2n) is 4.30. The maximum absolute atomic E-state index is 8.50. The number of aryl methyl sites for hydroxylation is 1. The molecule has 5 heteroatoms. The quantitative estimate of drug-likeness (QED) is 0.854. The number of nitrogens with one attached hydrogen (secondary N) is 1. The molecule has 4 nitrogen and oxygen atoms in total. The lowest BCUT2D eigenvalue weighted by molar-refractivity contribution is 0.368. The van der Waals surface area contributed by atoms with Gasteiger partial charge in [-0.1, -0.05) is 23.7 Å². The highest BCUT2D eigenvalue weighted by atomic mass is 35.5. The Kier molecular flexibility index (Phi) is 4.80. The first-order valence-electron chi connectivity index (χ1n) is 6.14. The van der Waals surface area contributed by atoms with Crippen LogP contribution in [0.4, 0.5) is 5.69 Å². The van der Waals surface area contributed by atoms with Crippen molar-refractivity contribution in [3.05, 3.63) is 52.8 Å². The van der Waals surface area contributed by atoms with E-state index in [0.717, 1.165) is 16.8 Å². The minimum Gasteiger partial charge on any atom is -0.479 e. The van der Waals surface area contributed by atoms with Gasteiger partial charge in [-0.3, -0.25) is 0 Å². The van der Waals surface area contributed by atoms with E-state index in [9.17, 15) is 0 Å². The van der Waals surface area contributed by atoms with E-state index in [4.69, 9.17) is 21.6 Å². The zero-order valence-electron chi connectivity index (χ0n) is 11.1. The van der Waals surface area contributed by atoms with Gasteiger partial charge in [-0.2, -0.15) is 5.26 Å². The molecule has 0 aliphatic carbocycles. The molecule has 1 N–H and O–H groups in total. The molecule has 20 heavy (non-hydrogen) atoms. The van der Waals surface area contributed by atoms with Crippen molar-refractivity contribution in [3.8, 4) is 11.8 Å². The van der Waals surface area contributed by atoms with Gasteiger partial charge in [0.05, 0.1) is 5.69 Å². The fraction of sp³-hybridized carbons (Fsp3) is 0.200. The van der Waals surface area contributed by atoms with Crippen LogP contribution in [0.3, 0.4) is 0 Å². The number of rotatable bonds is 5. The third-order valence-corrected chi connectivity index (χ3v) is 2.96. The monoisotopic (exact) mass is 287 g/mol. The number of halogens is 1. The first kappa shape index (κ1) is 14.2. The predicted molar refractivity (Wildman–Crippen MR) is 78.9 cm³/mol. The van der Waals surface area contributed by atoms with Crippen LogP contribution in [-0.4, -0.2) is 11.6 Å². The van der Waals surface area contributed by atoms with Gasteiger partial charge in [-0.15, -0.1) is 0 Å². The molecule has 1 heterocycles. The molecule has 0 fully saturated rings. The molecular weight excluding hydrogens is 274 g/mol. The standard InChI is InChI=1S/C15H14ClN3O/c1-11-7-14(15(16)19-9-11)18-10-12-3-2-4-13(8-12)20-6-5-17/h2-4,7-9,18H,6,10H2,1H3. The molecule has 0 atom stereocenters. The average Bonchev–Trinajstić information content (AvgIpc) is 2.46. The Bertz CT molecular complexity index is 637. The normalized spacial score (nSPS) is 9.85. The molecular formula is C15H14ClN3O. The van der Waals surface area contributed by atoms with Gasteiger partial charge in [0.15, 0.2) is 11.8 Å². The highest BCUT2D eigenvalue weighted by Crippen LogP contribution is 2.21. The van der Waals surface area contributed by atoms with Crippen LogP contribution < -0.4 is 10.1 Å². The molecule has 0 aliphatic heterocycles. The van der Waals surface area contributed by atoms with Crippen LogP contribution in [-0.2, 0) is 6.54 Å². The molecule has 0 amide bonds. The molecule has 0 spiro atoms. The number of nitrogens with zero attached hydrogens (tertiary/aromatic N) is 2. The van der Waals surface area contributed by atoms with Crippen LogP contribution in [0.5, 0.6) is 5.75 Å². The van der Waals surface area contributed by atoms with Crippen LogP contribution in [0.1, 0.15) is 11.1 Å². The zero-order chi connectivity index (χ0) is 14.4. The SMILES string of the molecule is Cc1cnc(Cl)c(NCc2cccc(OCC#N)c2)c1. The lowest BCUT2D eigenvalue weighted by atomic mass is 10.2. The van der Waals surface area contributed by atoms with E-state index in [2.05, 4.69) is 10.3 Å². The molecule has 2 rings (SSSR count). The largest absolute Gasteiger partial charge is 0.479 e. The fourth-order valence-electron chi connectivity index (χ4n) is 1.73. The summed E-state index contributed by atoms with van der Waals surface area (Å²) in [6.07, 6.45) is 1.73. The van der Waals surface area contributed by atoms with Crippen LogP contribution in [0.25, 0.3) is 0 Å². The molecule has 1 aromatic carbocycles. The highest BCUT2D eigenvalue weighted by Gasteiger charge is 2.02.